The van der Waals surface area contributed by atoms with Gasteiger partial charge in [-0.1, -0.05) is 0 Å². The van der Waals surface area contributed by atoms with Gasteiger partial charge in [0, 0.05) is 19.8 Å². The van der Waals surface area contributed by atoms with Crippen molar-refractivity contribution in [2.75, 3.05) is 30.7 Å². The Morgan fingerprint density at radius 2 is 1.74 bits per heavy atom. The molecule has 0 bridgehead atoms. The second kappa shape index (κ2) is 7.30. The molecule has 2 rings (SSSR count). The van der Waals surface area contributed by atoms with Crippen LogP contribution in [0.2, 0.25) is 0 Å². The van der Waals surface area contributed by atoms with Crippen LogP contribution in [0.1, 0.15) is 6.92 Å². The molecule has 0 amide bonds. The SMILES string of the molecule is CCOc1ccc(Nc2ccc(NS(=O)(=O)N(C)C)cn2)cc1. The van der Waals surface area contributed by atoms with Crippen molar-refractivity contribution in [2.45, 2.75) is 6.92 Å². The van der Waals surface area contributed by atoms with E-state index in [1.165, 1.54) is 20.3 Å². The average Bonchev–Trinajstić information content (AvgIpc) is 2.51. The molecule has 8 heteroatoms. The maximum Gasteiger partial charge on any atom is 0.301 e. The number of ether oxygens (including phenoxy) is 1. The minimum absolute atomic E-state index is 0.399. The molecule has 0 spiro atoms. The normalized spacial score (nSPS) is 11.3. The third kappa shape index (κ3) is 4.83. The number of hydrogen-bond acceptors (Lipinski definition) is 5. The summed E-state index contributed by atoms with van der Waals surface area (Å²) < 4.78 is 32.3. The van der Waals surface area contributed by atoms with Crippen LogP contribution in [-0.2, 0) is 10.2 Å². The van der Waals surface area contributed by atoms with Gasteiger partial charge in [0.2, 0.25) is 0 Å². The van der Waals surface area contributed by atoms with Gasteiger partial charge in [-0.15, -0.1) is 0 Å². The van der Waals surface area contributed by atoms with Crippen LogP contribution in [0.15, 0.2) is 42.6 Å². The van der Waals surface area contributed by atoms with Crippen LogP contribution < -0.4 is 14.8 Å². The van der Waals surface area contributed by atoms with E-state index in [-0.39, 0.29) is 0 Å². The Balaban J connectivity index is 2.02. The lowest BCUT2D eigenvalue weighted by Gasteiger charge is -2.13. The minimum atomic E-state index is -3.52. The number of hydrogen-bond donors (Lipinski definition) is 2. The van der Waals surface area contributed by atoms with Gasteiger partial charge >= 0.3 is 10.2 Å². The van der Waals surface area contributed by atoms with Gasteiger partial charge < -0.3 is 10.1 Å². The molecular formula is C15H20N4O3S. The van der Waals surface area contributed by atoms with E-state index in [9.17, 15) is 8.42 Å². The summed E-state index contributed by atoms with van der Waals surface area (Å²) in [4.78, 5) is 4.19. The lowest BCUT2D eigenvalue weighted by Crippen LogP contribution is -2.28. The molecular weight excluding hydrogens is 316 g/mol. The van der Waals surface area contributed by atoms with Gasteiger partial charge in [-0.2, -0.15) is 12.7 Å². The summed E-state index contributed by atoms with van der Waals surface area (Å²) in [5.41, 5.74) is 1.26. The number of benzene rings is 1. The second-order valence-electron chi connectivity index (χ2n) is 4.90. The highest BCUT2D eigenvalue weighted by atomic mass is 32.2. The van der Waals surface area contributed by atoms with Crippen molar-refractivity contribution in [1.29, 1.82) is 0 Å². The molecule has 23 heavy (non-hydrogen) atoms. The summed E-state index contributed by atoms with van der Waals surface area (Å²) in [6.45, 7) is 2.56. The fraction of sp³-hybridized carbons (Fsp3) is 0.267. The summed E-state index contributed by atoms with van der Waals surface area (Å²) in [5.74, 6) is 1.42. The van der Waals surface area contributed by atoms with Crippen LogP contribution in [-0.4, -0.2) is 38.4 Å². The molecule has 7 nitrogen and oxygen atoms in total. The number of nitrogens with zero attached hydrogens (tertiary/aromatic N) is 2. The van der Waals surface area contributed by atoms with Gasteiger partial charge in [0.25, 0.3) is 0 Å². The molecule has 0 saturated carbocycles. The van der Waals surface area contributed by atoms with E-state index in [0.717, 1.165) is 15.7 Å². The highest BCUT2D eigenvalue weighted by Gasteiger charge is 2.12. The van der Waals surface area contributed by atoms with Crippen molar-refractivity contribution >= 4 is 27.4 Å². The van der Waals surface area contributed by atoms with E-state index in [0.29, 0.717) is 18.1 Å². The van der Waals surface area contributed by atoms with Crippen molar-refractivity contribution in [3.63, 3.8) is 0 Å². The molecule has 124 valence electrons. The molecule has 2 N–H and O–H groups in total. The van der Waals surface area contributed by atoms with Crippen molar-refractivity contribution < 1.29 is 13.2 Å². The highest BCUT2D eigenvalue weighted by Crippen LogP contribution is 2.20. The van der Waals surface area contributed by atoms with E-state index in [1.807, 2.05) is 31.2 Å². The number of pyridine rings is 1. The first-order chi connectivity index (χ1) is 10.9. The van der Waals surface area contributed by atoms with E-state index < -0.39 is 10.2 Å². The first kappa shape index (κ1) is 17.0. The van der Waals surface area contributed by atoms with Crippen molar-refractivity contribution in [3.8, 4) is 5.75 Å². The van der Waals surface area contributed by atoms with Crippen LogP contribution in [0.3, 0.4) is 0 Å². The Morgan fingerprint density at radius 3 is 2.26 bits per heavy atom. The summed E-state index contributed by atoms with van der Waals surface area (Å²) in [6, 6.07) is 10.8. The van der Waals surface area contributed by atoms with Crippen LogP contribution >= 0.6 is 0 Å². The van der Waals surface area contributed by atoms with Crippen LogP contribution in [0.5, 0.6) is 5.75 Å². The van der Waals surface area contributed by atoms with E-state index in [4.69, 9.17) is 4.74 Å². The van der Waals surface area contributed by atoms with Crippen molar-refractivity contribution in [3.05, 3.63) is 42.6 Å². The molecule has 0 aliphatic rings. The standard InChI is InChI=1S/C15H20N4O3S/c1-4-22-14-8-5-12(6-9-14)17-15-10-7-13(11-16-15)18-23(20,21)19(2)3/h5-11,18H,4H2,1-3H3,(H,16,17). The summed E-state index contributed by atoms with van der Waals surface area (Å²) in [5, 5.41) is 3.13. The Labute approximate surface area is 136 Å². The largest absolute Gasteiger partial charge is 0.494 e. The molecule has 0 unspecified atom stereocenters. The Hall–Kier alpha value is -2.32. The third-order valence-corrected chi connectivity index (χ3v) is 4.38. The van der Waals surface area contributed by atoms with Crippen molar-refractivity contribution in [2.24, 2.45) is 0 Å². The summed E-state index contributed by atoms with van der Waals surface area (Å²) >= 11 is 0. The zero-order valence-electron chi connectivity index (χ0n) is 13.3. The number of rotatable bonds is 7. The lowest BCUT2D eigenvalue weighted by atomic mass is 10.3. The van der Waals surface area contributed by atoms with Crippen LogP contribution in [0.4, 0.5) is 17.2 Å². The molecule has 2 aromatic rings. The minimum Gasteiger partial charge on any atom is -0.494 e. The number of aromatic nitrogens is 1. The predicted molar refractivity (Wildman–Crippen MR) is 91.4 cm³/mol. The summed E-state index contributed by atoms with van der Waals surface area (Å²) in [6.07, 6.45) is 1.46. The van der Waals surface area contributed by atoms with Gasteiger partial charge in [0.1, 0.15) is 11.6 Å². The van der Waals surface area contributed by atoms with Gasteiger partial charge in [0.15, 0.2) is 0 Å². The molecule has 0 atom stereocenters. The highest BCUT2D eigenvalue weighted by molar-refractivity contribution is 7.90. The molecule has 1 heterocycles. The fourth-order valence-electron chi connectivity index (χ4n) is 1.72. The van der Waals surface area contributed by atoms with E-state index >= 15 is 0 Å². The number of nitrogens with one attached hydrogen (secondary N) is 2. The smallest absolute Gasteiger partial charge is 0.301 e. The molecule has 0 aliphatic carbocycles. The fourth-order valence-corrected chi connectivity index (χ4v) is 2.32. The molecule has 0 saturated heterocycles. The Morgan fingerprint density at radius 1 is 1.09 bits per heavy atom. The number of anilines is 3. The maximum atomic E-state index is 11.7. The monoisotopic (exact) mass is 336 g/mol. The molecule has 0 aliphatic heterocycles. The molecule has 1 aromatic heterocycles. The van der Waals surface area contributed by atoms with E-state index in [1.54, 1.807) is 12.1 Å². The summed E-state index contributed by atoms with van der Waals surface area (Å²) in [7, 11) is -0.612. The first-order valence-corrected chi connectivity index (χ1v) is 8.51. The lowest BCUT2D eigenvalue weighted by molar-refractivity contribution is 0.340. The molecule has 0 radical (unpaired) electrons. The van der Waals surface area contributed by atoms with Gasteiger partial charge in [-0.05, 0) is 43.3 Å². The molecule has 0 fully saturated rings. The second-order valence-corrected chi connectivity index (χ2v) is 6.79. The quantitative estimate of drug-likeness (QED) is 0.811. The Kier molecular flexibility index (Phi) is 5.41. The molecule has 1 aromatic carbocycles. The Bertz CT molecular complexity index is 728. The van der Waals surface area contributed by atoms with Crippen molar-refractivity contribution in [1.82, 2.24) is 9.29 Å². The van der Waals surface area contributed by atoms with E-state index in [2.05, 4.69) is 15.0 Å². The first-order valence-electron chi connectivity index (χ1n) is 7.07. The zero-order chi connectivity index (χ0) is 16.9. The van der Waals surface area contributed by atoms with Gasteiger partial charge in [-0.3, -0.25) is 4.72 Å². The average molecular weight is 336 g/mol. The zero-order valence-corrected chi connectivity index (χ0v) is 14.1. The van der Waals surface area contributed by atoms with Crippen LogP contribution in [0, 0.1) is 0 Å². The topological polar surface area (TPSA) is 83.6 Å². The van der Waals surface area contributed by atoms with Gasteiger partial charge in [0.05, 0.1) is 18.5 Å². The van der Waals surface area contributed by atoms with Crippen LogP contribution in [0.25, 0.3) is 0 Å². The predicted octanol–water partition coefficient (Wildman–Crippen LogP) is 2.44. The third-order valence-electron chi connectivity index (χ3n) is 2.93. The maximum absolute atomic E-state index is 11.7. The van der Waals surface area contributed by atoms with Gasteiger partial charge in [-0.25, -0.2) is 4.98 Å².